The van der Waals surface area contributed by atoms with E-state index in [0.717, 1.165) is 38.0 Å². The van der Waals surface area contributed by atoms with Crippen molar-refractivity contribution >= 4 is 11.8 Å². The van der Waals surface area contributed by atoms with Crippen LogP contribution in [0.1, 0.15) is 39.2 Å². The highest BCUT2D eigenvalue weighted by molar-refractivity contribution is 5.68. The lowest BCUT2D eigenvalue weighted by Crippen LogP contribution is -2.44. The van der Waals surface area contributed by atoms with Gasteiger partial charge in [-0.25, -0.2) is 4.79 Å². The molecule has 0 spiro atoms. The van der Waals surface area contributed by atoms with E-state index in [1.807, 2.05) is 20.8 Å². The van der Waals surface area contributed by atoms with Crippen LogP contribution in [0.3, 0.4) is 0 Å². The first-order valence-electron chi connectivity index (χ1n) is 8.17. The Hall–Kier alpha value is -2.15. The van der Waals surface area contributed by atoms with Gasteiger partial charge in [0.1, 0.15) is 6.10 Å². The van der Waals surface area contributed by atoms with Crippen molar-refractivity contribution in [2.24, 2.45) is 0 Å². The third kappa shape index (κ3) is 5.81. The molecule has 1 saturated heterocycles. The Morgan fingerprint density at radius 3 is 2.38 bits per heavy atom. The monoisotopic (exact) mass is 335 g/mol. The van der Waals surface area contributed by atoms with Crippen LogP contribution in [0.15, 0.2) is 24.3 Å². The lowest BCUT2D eigenvalue weighted by atomic mass is 10.1. The summed E-state index contributed by atoms with van der Waals surface area (Å²) < 4.78 is 5.46. The maximum atomic E-state index is 11.8. The second-order valence-corrected chi connectivity index (χ2v) is 7.18. The minimum absolute atomic E-state index is 0.0551. The first-order chi connectivity index (χ1) is 11.2. The van der Waals surface area contributed by atoms with Crippen molar-refractivity contribution < 1.29 is 14.5 Å². The van der Waals surface area contributed by atoms with Crippen molar-refractivity contribution in [1.29, 1.82) is 0 Å². The molecule has 2 rings (SSSR count). The lowest BCUT2D eigenvalue weighted by Gasteiger charge is -2.32. The van der Waals surface area contributed by atoms with E-state index in [2.05, 4.69) is 10.2 Å². The number of hydrogen-bond acceptors (Lipinski definition) is 5. The molecule has 7 heteroatoms. The fourth-order valence-electron chi connectivity index (χ4n) is 2.65. The molecule has 1 aromatic carbocycles. The zero-order valence-electron chi connectivity index (χ0n) is 14.4. The number of nitrogens with one attached hydrogen (secondary N) is 1. The summed E-state index contributed by atoms with van der Waals surface area (Å²) in [6, 6.07) is 6.64. The molecule has 0 saturated carbocycles. The zero-order chi connectivity index (χ0) is 17.7. The smallest absolute Gasteiger partial charge is 0.407 e. The highest BCUT2D eigenvalue weighted by Gasteiger charge is 2.24. The van der Waals surface area contributed by atoms with E-state index in [9.17, 15) is 14.9 Å². The first kappa shape index (κ1) is 18.2. The topological polar surface area (TPSA) is 84.7 Å². The van der Waals surface area contributed by atoms with Gasteiger partial charge in [-0.2, -0.15) is 0 Å². The van der Waals surface area contributed by atoms with E-state index >= 15 is 0 Å². The van der Waals surface area contributed by atoms with Gasteiger partial charge in [0.15, 0.2) is 0 Å². The lowest BCUT2D eigenvalue weighted by molar-refractivity contribution is -0.384. The third-order valence-corrected chi connectivity index (χ3v) is 3.84. The van der Waals surface area contributed by atoms with Gasteiger partial charge in [0.05, 0.1) is 4.92 Å². The average Bonchev–Trinajstić information content (AvgIpc) is 2.48. The summed E-state index contributed by atoms with van der Waals surface area (Å²) in [6.45, 7) is 8.18. The van der Waals surface area contributed by atoms with Gasteiger partial charge in [-0.1, -0.05) is 12.1 Å². The molecule has 1 amide bonds. The molecule has 1 heterocycles. The fraction of sp³-hybridized carbons (Fsp3) is 0.588. The largest absolute Gasteiger partial charge is 0.446 e. The van der Waals surface area contributed by atoms with Crippen molar-refractivity contribution in [2.75, 3.05) is 13.1 Å². The summed E-state index contributed by atoms with van der Waals surface area (Å²) in [5.41, 5.74) is 0.856. The maximum Gasteiger partial charge on any atom is 0.407 e. The zero-order valence-corrected chi connectivity index (χ0v) is 14.4. The Balaban J connectivity index is 1.76. The van der Waals surface area contributed by atoms with Gasteiger partial charge in [-0.05, 0) is 39.2 Å². The number of nitro groups is 1. The third-order valence-electron chi connectivity index (χ3n) is 3.84. The number of carbonyl (C=O) groups excluding carboxylic acids is 1. The van der Waals surface area contributed by atoms with Crippen LogP contribution >= 0.6 is 0 Å². The number of nitro benzene ring substituents is 1. The van der Waals surface area contributed by atoms with E-state index in [-0.39, 0.29) is 23.4 Å². The Labute approximate surface area is 142 Å². The molecule has 0 aliphatic carbocycles. The molecule has 132 valence electrons. The standard InChI is InChI=1S/C17H25N3O4/c1-17(2,3)18-16(21)24-15-8-10-19(11-9-15)12-13-4-6-14(7-5-13)20(22)23/h4-7,15H,8-12H2,1-3H3,(H,18,21). The summed E-state index contributed by atoms with van der Waals surface area (Å²) >= 11 is 0. The van der Waals surface area contributed by atoms with Crippen molar-refractivity contribution in [3.63, 3.8) is 0 Å². The van der Waals surface area contributed by atoms with E-state index in [4.69, 9.17) is 4.74 Å². The predicted molar refractivity (Wildman–Crippen MR) is 90.8 cm³/mol. The van der Waals surface area contributed by atoms with Crippen LogP contribution in [-0.2, 0) is 11.3 Å². The number of nitrogens with zero attached hydrogens (tertiary/aromatic N) is 2. The molecule has 0 unspecified atom stereocenters. The summed E-state index contributed by atoms with van der Waals surface area (Å²) in [5.74, 6) is 0. The number of amides is 1. The number of non-ortho nitro benzene ring substituents is 1. The Morgan fingerprint density at radius 1 is 1.29 bits per heavy atom. The quantitative estimate of drug-likeness (QED) is 0.675. The predicted octanol–water partition coefficient (Wildman–Crippen LogP) is 3.08. The van der Waals surface area contributed by atoms with Gasteiger partial charge in [-0.3, -0.25) is 15.0 Å². The minimum atomic E-state index is -0.394. The molecule has 0 bridgehead atoms. The van der Waals surface area contributed by atoms with Crippen LogP contribution in [-0.4, -0.2) is 40.6 Å². The molecule has 1 N–H and O–H groups in total. The number of alkyl carbamates (subject to hydrolysis) is 1. The molecule has 0 atom stereocenters. The van der Waals surface area contributed by atoms with Crippen LogP contribution in [0, 0.1) is 10.1 Å². The van der Waals surface area contributed by atoms with Gasteiger partial charge < -0.3 is 10.1 Å². The molecule has 0 radical (unpaired) electrons. The number of ether oxygens (including phenoxy) is 1. The Bertz CT molecular complexity index is 572. The molecular weight excluding hydrogens is 310 g/mol. The van der Waals surface area contributed by atoms with Crippen molar-refractivity contribution in [3.05, 3.63) is 39.9 Å². The van der Waals surface area contributed by atoms with Gasteiger partial charge in [-0.15, -0.1) is 0 Å². The number of rotatable bonds is 4. The van der Waals surface area contributed by atoms with Crippen molar-refractivity contribution in [3.8, 4) is 0 Å². The second kappa shape index (κ2) is 7.61. The minimum Gasteiger partial charge on any atom is -0.446 e. The van der Waals surface area contributed by atoms with Crippen molar-refractivity contribution in [1.82, 2.24) is 10.2 Å². The second-order valence-electron chi connectivity index (χ2n) is 7.18. The molecule has 24 heavy (non-hydrogen) atoms. The average molecular weight is 335 g/mol. The van der Waals surface area contributed by atoms with E-state index in [0.29, 0.717) is 0 Å². The van der Waals surface area contributed by atoms with Crippen molar-refractivity contribution in [2.45, 2.75) is 51.8 Å². The van der Waals surface area contributed by atoms with E-state index in [1.165, 1.54) is 12.1 Å². The molecule has 1 aliphatic rings. The number of likely N-dealkylation sites (tertiary alicyclic amines) is 1. The number of benzene rings is 1. The summed E-state index contributed by atoms with van der Waals surface area (Å²) in [6.07, 6.45) is 1.17. The van der Waals surface area contributed by atoms with Crippen LogP contribution in [0.25, 0.3) is 0 Å². The van der Waals surface area contributed by atoms with Gasteiger partial charge in [0.25, 0.3) is 5.69 Å². The summed E-state index contributed by atoms with van der Waals surface area (Å²) in [7, 11) is 0. The molecule has 0 aromatic heterocycles. The van der Waals surface area contributed by atoms with Gasteiger partial charge >= 0.3 is 6.09 Å². The van der Waals surface area contributed by atoms with E-state index < -0.39 is 4.92 Å². The Kier molecular flexibility index (Phi) is 5.77. The first-order valence-corrected chi connectivity index (χ1v) is 8.17. The van der Waals surface area contributed by atoms with Crippen LogP contribution in [0.4, 0.5) is 10.5 Å². The van der Waals surface area contributed by atoms with Crippen LogP contribution < -0.4 is 5.32 Å². The number of hydrogen-bond donors (Lipinski definition) is 1. The van der Waals surface area contributed by atoms with E-state index in [1.54, 1.807) is 12.1 Å². The summed E-state index contributed by atoms with van der Waals surface area (Å²) in [4.78, 5) is 24.3. The number of piperidine rings is 1. The highest BCUT2D eigenvalue weighted by atomic mass is 16.6. The summed E-state index contributed by atoms with van der Waals surface area (Å²) in [5, 5.41) is 13.5. The Morgan fingerprint density at radius 2 is 1.88 bits per heavy atom. The molecule has 1 aliphatic heterocycles. The molecule has 1 aromatic rings. The van der Waals surface area contributed by atoms with Crippen LogP contribution in [0.5, 0.6) is 0 Å². The molecule has 1 fully saturated rings. The SMILES string of the molecule is CC(C)(C)NC(=O)OC1CCN(Cc2ccc([N+](=O)[O-])cc2)CC1. The van der Waals surface area contributed by atoms with Gasteiger partial charge in [0, 0.05) is 37.3 Å². The number of carbonyl (C=O) groups is 1. The van der Waals surface area contributed by atoms with Crippen LogP contribution in [0.2, 0.25) is 0 Å². The fourth-order valence-corrected chi connectivity index (χ4v) is 2.65. The van der Waals surface area contributed by atoms with Gasteiger partial charge in [0.2, 0.25) is 0 Å². The normalized spacial score (nSPS) is 16.6. The highest BCUT2D eigenvalue weighted by Crippen LogP contribution is 2.18. The molecular formula is C17H25N3O4. The molecule has 7 nitrogen and oxygen atoms in total. The maximum absolute atomic E-state index is 11.8.